The van der Waals surface area contributed by atoms with Crippen molar-refractivity contribution in [1.29, 1.82) is 0 Å². The third kappa shape index (κ3) is 5.24. The van der Waals surface area contributed by atoms with Crippen molar-refractivity contribution in [3.63, 3.8) is 0 Å². The van der Waals surface area contributed by atoms with Gasteiger partial charge in [-0.3, -0.25) is 4.72 Å². The van der Waals surface area contributed by atoms with E-state index in [1.54, 1.807) is 24.3 Å². The standard InChI is InChI=1S/C22H28N2O4S2/c1-14-10-16-11-15(6-9-21(16)29-14)13-23-19-7-8-20(22(19)25)28-18-5-3-4-17(12-18)24-30(2,26)27/h3-5,10-12,19-20,22-25H,6-9,13H2,1-2H3. The van der Waals surface area contributed by atoms with E-state index in [2.05, 4.69) is 29.1 Å². The predicted molar refractivity (Wildman–Crippen MR) is 122 cm³/mol. The maximum atomic E-state index is 11.4. The summed E-state index contributed by atoms with van der Waals surface area (Å²) in [4.78, 5) is 2.82. The lowest BCUT2D eigenvalue weighted by molar-refractivity contribution is 0.0459. The van der Waals surface area contributed by atoms with E-state index < -0.39 is 16.1 Å². The Hall–Kier alpha value is -1.87. The van der Waals surface area contributed by atoms with Crippen molar-refractivity contribution in [3.05, 3.63) is 51.2 Å². The molecule has 1 saturated carbocycles. The zero-order valence-electron chi connectivity index (χ0n) is 17.2. The highest BCUT2D eigenvalue weighted by Crippen LogP contribution is 2.31. The van der Waals surface area contributed by atoms with Gasteiger partial charge in [0.15, 0.2) is 0 Å². The van der Waals surface area contributed by atoms with E-state index in [9.17, 15) is 13.5 Å². The fourth-order valence-electron chi connectivity index (χ4n) is 4.19. The minimum atomic E-state index is -3.35. The number of benzene rings is 1. The molecule has 162 valence electrons. The molecule has 0 saturated heterocycles. The highest BCUT2D eigenvalue weighted by Gasteiger charge is 2.36. The van der Waals surface area contributed by atoms with Crippen LogP contribution in [0.4, 0.5) is 5.69 Å². The molecule has 0 radical (unpaired) electrons. The molecule has 1 aromatic heterocycles. The summed E-state index contributed by atoms with van der Waals surface area (Å²) in [6.07, 6.45) is 6.20. The number of hydrogen-bond acceptors (Lipinski definition) is 6. The summed E-state index contributed by atoms with van der Waals surface area (Å²) in [6.45, 7) is 2.92. The van der Waals surface area contributed by atoms with E-state index in [4.69, 9.17) is 4.74 Å². The summed E-state index contributed by atoms with van der Waals surface area (Å²) < 4.78 is 31.3. The van der Waals surface area contributed by atoms with Crippen molar-refractivity contribution in [3.8, 4) is 5.75 Å². The molecule has 1 fully saturated rings. The molecule has 4 rings (SSSR count). The van der Waals surface area contributed by atoms with Crippen LogP contribution in [0.25, 0.3) is 6.08 Å². The fourth-order valence-corrected chi connectivity index (χ4v) is 5.75. The lowest BCUT2D eigenvalue weighted by Gasteiger charge is -2.23. The minimum Gasteiger partial charge on any atom is -0.488 e. The van der Waals surface area contributed by atoms with Crippen LogP contribution < -0.4 is 14.8 Å². The molecule has 8 heteroatoms. The number of aliphatic hydroxyl groups excluding tert-OH is 1. The van der Waals surface area contributed by atoms with Gasteiger partial charge < -0.3 is 15.2 Å². The highest BCUT2D eigenvalue weighted by molar-refractivity contribution is 7.92. The van der Waals surface area contributed by atoms with Gasteiger partial charge in [-0.15, -0.1) is 11.3 Å². The summed E-state index contributed by atoms with van der Waals surface area (Å²) in [5.41, 5.74) is 3.16. The number of sulfonamides is 1. The Morgan fingerprint density at radius 2 is 2.07 bits per heavy atom. The van der Waals surface area contributed by atoms with E-state index in [1.165, 1.54) is 20.9 Å². The van der Waals surface area contributed by atoms with E-state index in [0.717, 1.165) is 38.5 Å². The first kappa shape index (κ1) is 21.4. The van der Waals surface area contributed by atoms with Gasteiger partial charge in [0.05, 0.1) is 11.9 Å². The lowest BCUT2D eigenvalue weighted by atomic mass is 9.98. The van der Waals surface area contributed by atoms with Gasteiger partial charge in [0.1, 0.15) is 18.0 Å². The second-order valence-electron chi connectivity index (χ2n) is 8.15. The average Bonchev–Trinajstić information content (AvgIpc) is 3.20. The molecule has 2 aliphatic rings. The molecule has 0 amide bonds. The fraction of sp³-hybridized carbons (Fsp3) is 0.455. The smallest absolute Gasteiger partial charge is 0.229 e. The minimum absolute atomic E-state index is 0.0150. The van der Waals surface area contributed by atoms with Gasteiger partial charge in [0, 0.05) is 28.4 Å². The van der Waals surface area contributed by atoms with Gasteiger partial charge in [0.25, 0.3) is 0 Å². The number of hydrogen-bond donors (Lipinski definition) is 3. The van der Waals surface area contributed by atoms with Gasteiger partial charge in [-0.25, -0.2) is 8.42 Å². The zero-order chi connectivity index (χ0) is 21.3. The maximum absolute atomic E-state index is 11.4. The van der Waals surface area contributed by atoms with Crippen molar-refractivity contribution < 1.29 is 18.3 Å². The van der Waals surface area contributed by atoms with E-state index in [1.807, 2.05) is 11.3 Å². The van der Waals surface area contributed by atoms with Gasteiger partial charge in [-0.05, 0) is 56.4 Å². The molecule has 6 nitrogen and oxygen atoms in total. The number of aryl methyl sites for hydroxylation is 2. The highest BCUT2D eigenvalue weighted by atomic mass is 32.2. The number of thiophene rings is 1. The molecule has 2 aromatic rings. The Labute approximate surface area is 182 Å². The summed E-state index contributed by atoms with van der Waals surface area (Å²) in [6, 6.07) is 9.05. The first-order valence-electron chi connectivity index (χ1n) is 10.2. The van der Waals surface area contributed by atoms with Crippen LogP contribution in [-0.4, -0.2) is 44.6 Å². The van der Waals surface area contributed by atoms with Crippen molar-refractivity contribution in [2.75, 3.05) is 17.5 Å². The first-order valence-corrected chi connectivity index (χ1v) is 12.9. The Morgan fingerprint density at radius 3 is 2.87 bits per heavy atom. The van der Waals surface area contributed by atoms with E-state index in [0.29, 0.717) is 11.4 Å². The van der Waals surface area contributed by atoms with Crippen molar-refractivity contribution in [2.45, 2.75) is 50.9 Å². The SMILES string of the molecule is Cc1cc2c(s1)CCC(CNC1CCC(Oc3cccc(NS(C)(=O)=O)c3)C1O)=C2. The number of ether oxygens (including phenoxy) is 1. The monoisotopic (exact) mass is 448 g/mol. The summed E-state index contributed by atoms with van der Waals surface area (Å²) >= 11 is 1.88. The molecule has 3 N–H and O–H groups in total. The molecular weight excluding hydrogens is 420 g/mol. The molecule has 1 heterocycles. The second kappa shape index (κ2) is 8.70. The largest absolute Gasteiger partial charge is 0.488 e. The van der Waals surface area contributed by atoms with Crippen LogP contribution >= 0.6 is 11.3 Å². The van der Waals surface area contributed by atoms with Crippen LogP contribution in [0.2, 0.25) is 0 Å². The second-order valence-corrected chi connectivity index (χ2v) is 11.2. The van der Waals surface area contributed by atoms with Gasteiger partial charge in [-0.2, -0.15) is 0 Å². The molecule has 3 atom stereocenters. The number of nitrogens with one attached hydrogen (secondary N) is 2. The van der Waals surface area contributed by atoms with Gasteiger partial charge in [0.2, 0.25) is 10.0 Å². The van der Waals surface area contributed by atoms with Crippen molar-refractivity contribution in [1.82, 2.24) is 5.32 Å². The quantitative estimate of drug-likeness (QED) is 0.605. The molecule has 2 aliphatic carbocycles. The summed E-state index contributed by atoms with van der Waals surface area (Å²) in [5, 5.41) is 14.2. The number of fused-ring (bicyclic) bond motifs is 1. The topological polar surface area (TPSA) is 87.7 Å². The molecule has 30 heavy (non-hydrogen) atoms. The van der Waals surface area contributed by atoms with Crippen LogP contribution in [0.1, 0.15) is 34.6 Å². The maximum Gasteiger partial charge on any atom is 0.229 e. The van der Waals surface area contributed by atoms with E-state index in [-0.39, 0.29) is 12.1 Å². The van der Waals surface area contributed by atoms with Crippen LogP contribution in [0.3, 0.4) is 0 Å². The molecule has 0 aliphatic heterocycles. The molecule has 0 bridgehead atoms. The Balaban J connectivity index is 1.33. The average molecular weight is 449 g/mol. The van der Waals surface area contributed by atoms with Gasteiger partial charge >= 0.3 is 0 Å². The Kier molecular flexibility index (Phi) is 6.20. The van der Waals surface area contributed by atoms with Crippen molar-refractivity contribution in [2.24, 2.45) is 0 Å². The molecular formula is C22H28N2O4S2. The normalized spacial score (nSPS) is 23.7. The number of aliphatic hydroxyl groups is 1. The molecule has 3 unspecified atom stereocenters. The lowest BCUT2D eigenvalue weighted by Crippen LogP contribution is -2.42. The summed E-state index contributed by atoms with van der Waals surface area (Å²) in [7, 11) is -3.35. The third-order valence-corrected chi connectivity index (χ3v) is 7.30. The van der Waals surface area contributed by atoms with E-state index >= 15 is 0 Å². The van der Waals surface area contributed by atoms with Crippen molar-refractivity contribution >= 4 is 33.1 Å². The Bertz CT molecular complexity index is 1050. The third-order valence-electron chi connectivity index (χ3n) is 5.57. The number of rotatable bonds is 7. The predicted octanol–water partition coefficient (Wildman–Crippen LogP) is 3.32. The van der Waals surface area contributed by atoms with Crippen LogP contribution in [-0.2, 0) is 16.4 Å². The van der Waals surface area contributed by atoms with Gasteiger partial charge in [-0.1, -0.05) is 17.7 Å². The van der Waals surface area contributed by atoms with Crippen LogP contribution in [0.5, 0.6) is 5.75 Å². The Morgan fingerprint density at radius 1 is 1.23 bits per heavy atom. The summed E-state index contributed by atoms with van der Waals surface area (Å²) in [5.74, 6) is 0.545. The molecule has 0 spiro atoms. The van der Waals surface area contributed by atoms with Crippen LogP contribution in [0.15, 0.2) is 35.9 Å². The zero-order valence-corrected chi connectivity index (χ0v) is 18.9. The molecule has 1 aromatic carbocycles. The van der Waals surface area contributed by atoms with Crippen LogP contribution in [0, 0.1) is 6.92 Å². The first-order chi connectivity index (χ1) is 14.3. The number of anilines is 1.